The summed E-state index contributed by atoms with van der Waals surface area (Å²) in [7, 11) is 1.61. The third-order valence-corrected chi connectivity index (χ3v) is 2.21. The van der Waals surface area contributed by atoms with Crippen molar-refractivity contribution < 1.29 is 9.84 Å². The molecule has 0 fully saturated rings. The number of hydrogen-bond acceptors (Lipinski definition) is 3. The van der Waals surface area contributed by atoms with Crippen molar-refractivity contribution in [2.45, 2.75) is 0 Å². The first-order valence-electron chi connectivity index (χ1n) is 4.27. The van der Waals surface area contributed by atoms with Crippen LogP contribution in [0.4, 0.5) is 5.69 Å². The van der Waals surface area contributed by atoms with Gasteiger partial charge >= 0.3 is 0 Å². The van der Waals surface area contributed by atoms with E-state index in [1.807, 2.05) is 6.07 Å². The fraction of sp³-hybridized carbons (Fsp3) is 0.0909. The fourth-order valence-electron chi connectivity index (χ4n) is 1.51. The molecule has 2 aromatic carbocycles. The standard InChI is InChI=1S/C11H11NO2/c1-14-11-5-4-10(12)9-6-7(13)2-3-8(9)11/h2-6,13H,12H2,1H3. The second-order valence-corrected chi connectivity index (χ2v) is 3.09. The van der Waals surface area contributed by atoms with E-state index < -0.39 is 0 Å². The first-order valence-corrected chi connectivity index (χ1v) is 4.27. The quantitative estimate of drug-likeness (QED) is 0.676. The van der Waals surface area contributed by atoms with Crippen LogP contribution < -0.4 is 10.5 Å². The van der Waals surface area contributed by atoms with Crippen molar-refractivity contribution in [3.05, 3.63) is 30.3 Å². The average Bonchev–Trinajstić information content (AvgIpc) is 2.19. The van der Waals surface area contributed by atoms with Crippen molar-refractivity contribution in [3.63, 3.8) is 0 Å². The molecule has 14 heavy (non-hydrogen) atoms. The molecule has 0 aliphatic carbocycles. The van der Waals surface area contributed by atoms with Crippen LogP contribution in [0.3, 0.4) is 0 Å². The van der Waals surface area contributed by atoms with Gasteiger partial charge in [-0.15, -0.1) is 0 Å². The van der Waals surface area contributed by atoms with E-state index in [4.69, 9.17) is 10.5 Å². The van der Waals surface area contributed by atoms with Crippen molar-refractivity contribution in [1.29, 1.82) is 0 Å². The highest BCUT2D eigenvalue weighted by molar-refractivity contribution is 5.97. The maximum absolute atomic E-state index is 9.32. The lowest BCUT2D eigenvalue weighted by Gasteiger charge is -2.07. The number of benzene rings is 2. The molecule has 0 unspecified atom stereocenters. The number of ether oxygens (including phenoxy) is 1. The topological polar surface area (TPSA) is 55.5 Å². The minimum Gasteiger partial charge on any atom is -0.508 e. The smallest absolute Gasteiger partial charge is 0.126 e. The van der Waals surface area contributed by atoms with E-state index in [0.717, 1.165) is 16.5 Å². The third kappa shape index (κ3) is 1.23. The second-order valence-electron chi connectivity index (χ2n) is 3.09. The van der Waals surface area contributed by atoms with Gasteiger partial charge in [-0.3, -0.25) is 0 Å². The van der Waals surface area contributed by atoms with Crippen LogP contribution in [-0.4, -0.2) is 12.2 Å². The van der Waals surface area contributed by atoms with Crippen LogP contribution in [0, 0.1) is 0 Å². The molecule has 3 nitrogen and oxygen atoms in total. The van der Waals surface area contributed by atoms with Gasteiger partial charge < -0.3 is 15.6 Å². The highest BCUT2D eigenvalue weighted by Gasteiger charge is 2.04. The Morgan fingerprint density at radius 1 is 1.14 bits per heavy atom. The van der Waals surface area contributed by atoms with E-state index in [-0.39, 0.29) is 5.75 Å². The normalized spacial score (nSPS) is 10.4. The molecule has 2 aromatic rings. The number of nitrogens with two attached hydrogens (primary N) is 1. The maximum Gasteiger partial charge on any atom is 0.126 e. The van der Waals surface area contributed by atoms with Gasteiger partial charge in [-0.1, -0.05) is 0 Å². The lowest BCUT2D eigenvalue weighted by atomic mass is 10.1. The summed E-state index contributed by atoms with van der Waals surface area (Å²) >= 11 is 0. The molecule has 0 saturated carbocycles. The van der Waals surface area contributed by atoms with Crippen molar-refractivity contribution in [2.24, 2.45) is 0 Å². The monoisotopic (exact) mass is 189 g/mol. The number of hydrogen-bond donors (Lipinski definition) is 2. The van der Waals surface area contributed by atoms with Gasteiger partial charge in [-0.05, 0) is 30.3 Å². The lowest BCUT2D eigenvalue weighted by Crippen LogP contribution is -1.90. The Balaban J connectivity index is 2.84. The minimum atomic E-state index is 0.206. The number of fused-ring (bicyclic) bond motifs is 1. The lowest BCUT2D eigenvalue weighted by molar-refractivity contribution is 0.420. The molecule has 3 heteroatoms. The number of phenols is 1. The number of anilines is 1. The van der Waals surface area contributed by atoms with Crippen molar-refractivity contribution in [1.82, 2.24) is 0 Å². The van der Waals surface area contributed by atoms with E-state index in [1.54, 1.807) is 31.4 Å². The van der Waals surface area contributed by atoms with E-state index in [0.29, 0.717) is 5.69 Å². The molecule has 0 spiro atoms. The van der Waals surface area contributed by atoms with Gasteiger partial charge in [0.1, 0.15) is 11.5 Å². The maximum atomic E-state index is 9.32. The molecule has 0 atom stereocenters. The van der Waals surface area contributed by atoms with Crippen LogP contribution in [0.5, 0.6) is 11.5 Å². The zero-order chi connectivity index (χ0) is 10.1. The van der Waals surface area contributed by atoms with E-state index >= 15 is 0 Å². The first-order chi connectivity index (χ1) is 6.72. The van der Waals surface area contributed by atoms with Crippen LogP contribution >= 0.6 is 0 Å². The van der Waals surface area contributed by atoms with Gasteiger partial charge in [0, 0.05) is 16.5 Å². The zero-order valence-corrected chi connectivity index (χ0v) is 7.82. The van der Waals surface area contributed by atoms with Gasteiger partial charge in [0.15, 0.2) is 0 Å². The summed E-state index contributed by atoms with van der Waals surface area (Å²) in [6.07, 6.45) is 0. The SMILES string of the molecule is COc1ccc(N)c2cc(O)ccc12. The van der Waals surface area contributed by atoms with E-state index in [2.05, 4.69) is 0 Å². The molecule has 0 bridgehead atoms. The van der Waals surface area contributed by atoms with Gasteiger partial charge in [0.05, 0.1) is 7.11 Å². The summed E-state index contributed by atoms with van der Waals surface area (Å²) < 4.78 is 5.19. The summed E-state index contributed by atoms with van der Waals surface area (Å²) in [6, 6.07) is 8.62. The van der Waals surface area contributed by atoms with Crippen LogP contribution in [0.15, 0.2) is 30.3 Å². The Hall–Kier alpha value is -1.90. The minimum absolute atomic E-state index is 0.206. The fourth-order valence-corrected chi connectivity index (χ4v) is 1.51. The number of phenolic OH excluding ortho intramolecular Hbond substituents is 1. The number of nitrogen functional groups attached to an aromatic ring is 1. The second kappa shape index (κ2) is 3.10. The van der Waals surface area contributed by atoms with Gasteiger partial charge in [0.2, 0.25) is 0 Å². The number of rotatable bonds is 1. The molecule has 0 aliphatic heterocycles. The van der Waals surface area contributed by atoms with Gasteiger partial charge in [-0.25, -0.2) is 0 Å². The Bertz CT molecular complexity index is 480. The highest BCUT2D eigenvalue weighted by atomic mass is 16.5. The van der Waals surface area contributed by atoms with Crippen molar-refractivity contribution in [2.75, 3.05) is 12.8 Å². The van der Waals surface area contributed by atoms with Crippen LogP contribution in [0.25, 0.3) is 10.8 Å². The molecular weight excluding hydrogens is 178 g/mol. The summed E-state index contributed by atoms with van der Waals surface area (Å²) in [6.45, 7) is 0. The molecule has 3 N–H and O–H groups in total. The Morgan fingerprint density at radius 2 is 1.93 bits per heavy atom. The Kier molecular flexibility index (Phi) is 1.93. The summed E-state index contributed by atoms with van der Waals surface area (Å²) in [4.78, 5) is 0. The third-order valence-electron chi connectivity index (χ3n) is 2.21. The molecule has 0 heterocycles. The summed E-state index contributed by atoms with van der Waals surface area (Å²) in [5.74, 6) is 0.964. The molecule has 72 valence electrons. The first kappa shape index (κ1) is 8.69. The molecule has 2 rings (SSSR count). The number of methoxy groups -OCH3 is 1. The van der Waals surface area contributed by atoms with Crippen molar-refractivity contribution in [3.8, 4) is 11.5 Å². The van der Waals surface area contributed by atoms with Crippen LogP contribution in [0.1, 0.15) is 0 Å². The molecule has 0 aromatic heterocycles. The van der Waals surface area contributed by atoms with Crippen molar-refractivity contribution >= 4 is 16.5 Å². The predicted molar refractivity (Wildman–Crippen MR) is 56.6 cm³/mol. The van der Waals surface area contributed by atoms with E-state index in [1.165, 1.54) is 0 Å². The summed E-state index contributed by atoms with van der Waals surface area (Å²) in [5.41, 5.74) is 6.42. The molecule has 0 amide bonds. The number of aromatic hydroxyl groups is 1. The van der Waals surface area contributed by atoms with Gasteiger partial charge in [0.25, 0.3) is 0 Å². The zero-order valence-electron chi connectivity index (χ0n) is 7.82. The average molecular weight is 189 g/mol. The molecule has 0 radical (unpaired) electrons. The molecule has 0 saturated heterocycles. The van der Waals surface area contributed by atoms with E-state index in [9.17, 15) is 5.11 Å². The Labute approximate surface area is 81.7 Å². The largest absolute Gasteiger partial charge is 0.508 e. The summed E-state index contributed by atoms with van der Waals surface area (Å²) in [5, 5.41) is 11.0. The van der Waals surface area contributed by atoms with Gasteiger partial charge in [-0.2, -0.15) is 0 Å². The predicted octanol–water partition coefficient (Wildman–Crippen LogP) is 2.14. The molecule has 0 aliphatic rings. The molecular formula is C11H11NO2. The van der Waals surface area contributed by atoms with Crippen LogP contribution in [-0.2, 0) is 0 Å². The highest BCUT2D eigenvalue weighted by Crippen LogP contribution is 2.32. The van der Waals surface area contributed by atoms with Crippen LogP contribution in [0.2, 0.25) is 0 Å². The Morgan fingerprint density at radius 3 is 2.64 bits per heavy atom.